The molecule has 3 heterocycles. The van der Waals surface area contributed by atoms with Crippen molar-refractivity contribution >= 4 is 17.5 Å². The lowest BCUT2D eigenvalue weighted by Gasteiger charge is -2.24. The molecule has 2 fully saturated rings. The zero-order chi connectivity index (χ0) is 11.8. The summed E-state index contributed by atoms with van der Waals surface area (Å²) in [6.45, 7) is 2.64. The van der Waals surface area contributed by atoms with E-state index in [9.17, 15) is 4.79 Å². The van der Waals surface area contributed by atoms with Gasteiger partial charge in [-0.15, -0.1) is 0 Å². The Balaban J connectivity index is 1.74. The van der Waals surface area contributed by atoms with E-state index in [1.807, 2.05) is 4.90 Å². The van der Waals surface area contributed by atoms with Gasteiger partial charge in [-0.3, -0.25) is 4.79 Å². The molecule has 2 unspecified atom stereocenters. The van der Waals surface area contributed by atoms with Gasteiger partial charge in [-0.2, -0.15) is 0 Å². The number of rotatable bonds is 1. The Hall–Kier alpha value is -1.00. The summed E-state index contributed by atoms with van der Waals surface area (Å²) in [5, 5.41) is 3.87. The van der Waals surface area contributed by atoms with Gasteiger partial charge in [-0.05, 0) is 31.4 Å². The second kappa shape index (κ2) is 4.35. The van der Waals surface area contributed by atoms with Crippen molar-refractivity contribution in [1.29, 1.82) is 0 Å². The highest BCUT2D eigenvalue weighted by Crippen LogP contribution is 2.27. The van der Waals surface area contributed by atoms with Gasteiger partial charge in [0.2, 0.25) is 5.76 Å². The van der Waals surface area contributed by atoms with Crippen molar-refractivity contribution in [1.82, 2.24) is 10.2 Å². The minimum absolute atomic E-state index is 0.0869. The third-order valence-corrected chi connectivity index (χ3v) is 4.00. The van der Waals surface area contributed by atoms with Gasteiger partial charge < -0.3 is 14.6 Å². The van der Waals surface area contributed by atoms with Gasteiger partial charge in [0.25, 0.3) is 5.91 Å². The lowest BCUT2D eigenvalue weighted by molar-refractivity contribution is 0.0754. The summed E-state index contributed by atoms with van der Waals surface area (Å²) in [4.78, 5) is 14.0. The van der Waals surface area contributed by atoms with E-state index in [0.29, 0.717) is 17.0 Å². The molecular formula is C12H15ClN2O2. The Labute approximate surface area is 105 Å². The van der Waals surface area contributed by atoms with Crippen LogP contribution >= 0.6 is 11.6 Å². The molecule has 92 valence electrons. The molecule has 0 aliphatic carbocycles. The highest BCUT2D eigenvalue weighted by atomic mass is 35.5. The Bertz CT molecular complexity index is 418. The van der Waals surface area contributed by atoms with Gasteiger partial charge in [0.05, 0.1) is 11.3 Å². The number of halogens is 1. The van der Waals surface area contributed by atoms with Gasteiger partial charge >= 0.3 is 0 Å². The minimum Gasteiger partial charge on any atom is -0.458 e. The number of nitrogens with one attached hydrogen (secondary N) is 1. The predicted molar refractivity (Wildman–Crippen MR) is 64.1 cm³/mol. The first-order valence-corrected chi connectivity index (χ1v) is 6.39. The molecule has 1 amide bonds. The highest BCUT2D eigenvalue weighted by molar-refractivity contribution is 6.33. The monoisotopic (exact) mass is 254 g/mol. The summed E-state index contributed by atoms with van der Waals surface area (Å²) < 4.78 is 5.15. The predicted octanol–water partition coefficient (Wildman–Crippen LogP) is 1.76. The zero-order valence-corrected chi connectivity index (χ0v) is 10.2. The molecule has 2 aliphatic rings. The lowest BCUT2D eigenvalue weighted by Crippen LogP contribution is -2.41. The summed E-state index contributed by atoms with van der Waals surface area (Å²) in [5.41, 5.74) is 0. The van der Waals surface area contributed by atoms with E-state index >= 15 is 0 Å². The third kappa shape index (κ3) is 1.96. The number of hydrogen-bond donors (Lipinski definition) is 1. The van der Waals surface area contributed by atoms with E-state index in [4.69, 9.17) is 16.0 Å². The van der Waals surface area contributed by atoms with Crippen LogP contribution in [0.1, 0.15) is 23.4 Å². The van der Waals surface area contributed by atoms with Gasteiger partial charge in [0, 0.05) is 19.1 Å². The molecule has 0 radical (unpaired) electrons. The van der Waals surface area contributed by atoms with Crippen molar-refractivity contribution in [2.75, 3.05) is 19.6 Å². The topological polar surface area (TPSA) is 45.5 Å². The summed E-state index contributed by atoms with van der Waals surface area (Å²) in [6.07, 6.45) is 3.86. The number of carbonyl (C=O) groups excluding carboxylic acids is 1. The molecule has 0 bridgehead atoms. The normalized spacial score (nSPS) is 28.2. The first kappa shape index (κ1) is 11.1. The van der Waals surface area contributed by atoms with Crippen molar-refractivity contribution in [3.63, 3.8) is 0 Å². The van der Waals surface area contributed by atoms with E-state index in [0.717, 1.165) is 19.6 Å². The number of carbonyl (C=O) groups is 1. The van der Waals surface area contributed by atoms with Crippen LogP contribution in [0.4, 0.5) is 0 Å². The van der Waals surface area contributed by atoms with E-state index in [1.165, 1.54) is 19.1 Å². The fraction of sp³-hybridized carbons (Fsp3) is 0.583. The second-order valence-electron chi connectivity index (χ2n) is 4.77. The molecule has 0 aromatic carbocycles. The molecule has 2 atom stereocenters. The maximum Gasteiger partial charge on any atom is 0.291 e. The van der Waals surface area contributed by atoms with Crippen molar-refractivity contribution in [3.8, 4) is 0 Å². The first-order valence-electron chi connectivity index (χ1n) is 6.01. The molecule has 3 rings (SSSR count). The van der Waals surface area contributed by atoms with Gasteiger partial charge in [-0.1, -0.05) is 11.6 Å². The summed E-state index contributed by atoms with van der Waals surface area (Å²) >= 11 is 5.91. The van der Waals surface area contributed by atoms with Crippen LogP contribution in [0.5, 0.6) is 0 Å². The van der Waals surface area contributed by atoms with Gasteiger partial charge in [-0.25, -0.2) is 0 Å². The smallest absolute Gasteiger partial charge is 0.291 e. The number of likely N-dealkylation sites (tertiary alicyclic amines) is 1. The van der Waals surface area contributed by atoms with Gasteiger partial charge in [0.1, 0.15) is 0 Å². The van der Waals surface area contributed by atoms with Crippen molar-refractivity contribution in [2.24, 2.45) is 5.92 Å². The lowest BCUT2D eigenvalue weighted by atomic mass is 9.94. The van der Waals surface area contributed by atoms with E-state index in [1.54, 1.807) is 6.07 Å². The van der Waals surface area contributed by atoms with Crippen LogP contribution < -0.4 is 5.32 Å². The molecule has 17 heavy (non-hydrogen) atoms. The Morgan fingerprint density at radius 2 is 2.41 bits per heavy atom. The van der Waals surface area contributed by atoms with Crippen LogP contribution in [0.3, 0.4) is 0 Å². The first-order chi connectivity index (χ1) is 8.25. The molecule has 1 aromatic heterocycles. The average molecular weight is 255 g/mol. The van der Waals surface area contributed by atoms with Crippen molar-refractivity contribution in [3.05, 3.63) is 23.1 Å². The fourth-order valence-corrected chi connectivity index (χ4v) is 2.98. The average Bonchev–Trinajstić information content (AvgIpc) is 2.93. The van der Waals surface area contributed by atoms with Crippen LogP contribution in [-0.2, 0) is 0 Å². The summed E-state index contributed by atoms with van der Waals surface area (Å²) in [5.74, 6) is 0.767. The Morgan fingerprint density at radius 1 is 1.53 bits per heavy atom. The molecule has 4 nitrogen and oxygen atoms in total. The Morgan fingerprint density at radius 3 is 3.12 bits per heavy atom. The van der Waals surface area contributed by atoms with E-state index in [2.05, 4.69) is 5.32 Å². The molecular weight excluding hydrogens is 240 g/mol. The Kier molecular flexibility index (Phi) is 2.84. The number of furan rings is 1. The van der Waals surface area contributed by atoms with Crippen molar-refractivity contribution < 1.29 is 9.21 Å². The standard InChI is InChI=1S/C12H15ClN2O2/c13-9-3-5-17-11(9)12(16)15-6-8-2-1-4-14-10(8)7-15/h3,5,8,10,14H,1-2,4,6-7H2. The third-order valence-electron chi connectivity index (χ3n) is 3.70. The molecule has 2 aliphatic heterocycles. The van der Waals surface area contributed by atoms with Crippen LogP contribution in [0, 0.1) is 5.92 Å². The highest BCUT2D eigenvalue weighted by Gasteiger charge is 2.37. The molecule has 2 saturated heterocycles. The largest absolute Gasteiger partial charge is 0.458 e. The maximum atomic E-state index is 12.2. The fourth-order valence-electron chi connectivity index (χ4n) is 2.80. The molecule has 5 heteroatoms. The quantitative estimate of drug-likeness (QED) is 0.831. The molecule has 0 saturated carbocycles. The number of amides is 1. The number of fused-ring (bicyclic) bond motifs is 1. The minimum atomic E-state index is -0.0869. The van der Waals surface area contributed by atoms with Crippen molar-refractivity contribution in [2.45, 2.75) is 18.9 Å². The second-order valence-corrected chi connectivity index (χ2v) is 5.18. The van der Waals surface area contributed by atoms with E-state index < -0.39 is 0 Å². The molecule has 1 aromatic rings. The summed E-state index contributed by atoms with van der Waals surface area (Å²) in [7, 11) is 0. The molecule has 0 spiro atoms. The SMILES string of the molecule is O=C(c1occc1Cl)N1CC2CCCNC2C1. The molecule has 1 N–H and O–H groups in total. The van der Waals surface area contributed by atoms with E-state index in [-0.39, 0.29) is 11.7 Å². The number of nitrogens with zero attached hydrogens (tertiary/aromatic N) is 1. The van der Waals surface area contributed by atoms with Crippen LogP contribution in [-0.4, -0.2) is 36.5 Å². The zero-order valence-electron chi connectivity index (χ0n) is 9.49. The van der Waals surface area contributed by atoms with Gasteiger partial charge in [0.15, 0.2) is 0 Å². The summed E-state index contributed by atoms with van der Waals surface area (Å²) in [6, 6.07) is 2.05. The van der Waals surface area contributed by atoms with Crippen LogP contribution in [0.2, 0.25) is 5.02 Å². The maximum absolute atomic E-state index is 12.2. The van der Waals surface area contributed by atoms with Crippen LogP contribution in [0.25, 0.3) is 0 Å². The number of hydrogen-bond acceptors (Lipinski definition) is 3. The van der Waals surface area contributed by atoms with Crippen LogP contribution in [0.15, 0.2) is 16.7 Å². The number of piperidine rings is 1.